The molecule has 0 unspecified atom stereocenters. The fourth-order valence-corrected chi connectivity index (χ4v) is 4.41. The molecule has 2 amide bonds. The number of aryl methyl sites for hydroxylation is 1. The van der Waals surface area contributed by atoms with E-state index in [2.05, 4.69) is 10.2 Å². The van der Waals surface area contributed by atoms with Crippen molar-refractivity contribution < 1.29 is 14.0 Å². The summed E-state index contributed by atoms with van der Waals surface area (Å²) >= 11 is 0. The molecule has 1 saturated heterocycles. The van der Waals surface area contributed by atoms with Crippen molar-refractivity contribution in [2.45, 2.75) is 32.4 Å². The average molecular weight is 381 g/mol. The Morgan fingerprint density at radius 1 is 1.18 bits per heavy atom. The van der Waals surface area contributed by atoms with Crippen LogP contribution in [-0.2, 0) is 0 Å². The number of piperidine rings is 1. The molecule has 4 rings (SSSR count). The van der Waals surface area contributed by atoms with Crippen LogP contribution in [0.25, 0.3) is 0 Å². The monoisotopic (exact) mass is 381 g/mol. The van der Waals surface area contributed by atoms with Crippen LogP contribution in [0.4, 0.5) is 10.1 Å². The number of rotatable bonds is 2. The summed E-state index contributed by atoms with van der Waals surface area (Å²) in [7, 11) is 0. The van der Waals surface area contributed by atoms with Crippen LogP contribution in [0.3, 0.4) is 0 Å². The van der Waals surface area contributed by atoms with Crippen LogP contribution in [-0.4, -0.2) is 42.0 Å². The van der Waals surface area contributed by atoms with E-state index in [-0.39, 0.29) is 11.8 Å². The third-order valence-corrected chi connectivity index (χ3v) is 5.82. The van der Waals surface area contributed by atoms with Crippen molar-refractivity contribution >= 4 is 17.5 Å². The zero-order valence-electron chi connectivity index (χ0n) is 16.2. The Balaban J connectivity index is 1.57. The maximum absolute atomic E-state index is 13.6. The third-order valence-electron chi connectivity index (χ3n) is 5.82. The lowest BCUT2D eigenvalue weighted by atomic mass is 9.89. The summed E-state index contributed by atoms with van der Waals surface area (Å²) in [5, 5.41) is 3.11. The number of halogens is 1. The van der Waals surface area contributed by atoms with Crippen LogP contribution < -0.4 is 10.2 Å². The SMILES string of the molecule is CCN1c2ccc(F)cc2C(=O)NC12CCN(C(=O)c1cccc(C)c1)CC2. The highest BCUT2D eigenvalue weighted by Crippen LogP contribution is 2.37. The van der Waals surface area contributed by atoms with Gasteiger partial charge in [-0.2, -0.15) is 0 Å². The molecule has 0 bridgehead atoms. The molecule has 2 aliphatic rings. The van der Waals surface area contributed by atoms with Crippen LogP contribution in [0.1, 0.15) is 46.0 Å². The molecule has 28 heavy (non-hydrogen) atoms. The van der Waals surface area contributed by atoms with Crippen LogP contribution in [0, 0.1) is 12.7 Å². The van der Waals surface area contributed by atoms with Gasteiger partial charge < -0.3 is 15.1 Å². The number of hydrogen-bond donors (Lipinski definition) is 1. The van der Waals surface area contributed by atoms with Crippen LogP contribution >= 0.6 is 0 Å². The summed E-state index contributed by atoms with van der Waals surface area (Å²) in [5.74, 6) is -0.650. The minimum Gasteiger partial charge on any atom is -0.348 e. The number of nitrogens with one attached hydrogen (secondary N) is 1. The highest BCUT2D eigenvalue weighted by atomic mass is 19.1. The predicted octanol–water partition coefficient (Wildman–Crippen LogP) is 3.34. The molecule has 2 aromatic carbocycles. The van der Waals surface area contributed by atoms with E-state index >= 15 is 0 Å². The molecule has 6 heteroatoms. The van der Waals surface area contributed by atoms with Crippen molar-refractivity contribution in [3.63, 3.8) is 0 Å². The van der Waals surface area contributed by atoms with Crippen molar-refractivity contribution in [2.24, 2.45) is 0 Å². The van der Waals surface area contributed by atoms with E-state index in [4.69, 9.17) is 0 Å². The second kappa shape index (κ2) is 6.93. The summed E-state index contributed by atoms with van der Waals surface area (Å²) in [5.41, 5.74) is 2.33. The van der Waals surface area contributed by atoms with Gasteiger partial charge in [-0.15, -0.1) is 0 Å². The molecule has 2 aliphatic heterocycles. The topological polar surface area (TPSA) is 52.7 Å². The molecular formula is C22H24FN3O2. The first-order valence-electron chi connectivity index (χ1n) is 9.69. The number of anilines is 1. The highest BCUT2D eigenvalue weighted by molar-refractivity contribution is 6.02. The molecule has 0 saturated carbocycles. The molecule has 2 aromatic rings. The molecule has 146 valence electrons. The molecule has 1 spiro atoms. The maximum atomic E-state index is 13.6. The van der Waals surface area contributed by atoms with Crippen molar-refractivity contribution in [1.29, 1.82) is 0 Å². The Kier molecular flexibility index (Phi) is 4.57. The molecule has 1 N–H and O–H groups in total. The van der Waals surface area contributed by atoms with Gasteiger partial charge >= 0.3 is 0 Å². The minimum absolute atomic E-state index is 0.0196. The standard InChI is InChI=1S/C22H24FN3O2/c1-3-26-19-8-7-17(23)14-18(19)20(27)24-22(26)9-11-25(12-10-22)21(28)16-6-4-5-15(2)13-16/h4-8,13-14H,3,9-12H2,1-2H3,(H,24,27). The Labute approximate surface area is 164 Å². The average Bonchev–Trinajstić information content (AvgIpc) is 2.69. The van der Waals surface area contributed by atoms with E-state index in [9.17, 15) is 14.0 Å². The van der Waals surface area contributed by atoms with Gasteiger partial charge in [0.15, 0.2) is 0 Å². The smallest absolute Gasteiger partial charge is 0.255 e. The number of carbonyl (C=O) groups is 2. The van der Waals surface area contributed by atoms with E-state index in [1.807, 2.05) is 43.0 Å². The first-order valence-corrected chi connectivity index (χ1v) is 9.69. The van der Waals surface area contributed by atoms with Crippen LogP contribution in [0.2, 0.25) is 0 Å². The van der Waals surface area contributed by atoms with Gasteiger partial charge in [0.1, 0.15) is 11.5 Å². The second-order valence-corrected chi connectivity index (χ2v) is 7.55. The Bertz CT molecular complexity index is 935. The molecule has 0 radical (unpaired) electrons. The fraction of sp³-hybridized carbons (Fsp3) is 0.364. The maximum Gasteiger partial charge on any atom is 0.255 e. The predicted molar refractivity (Wildman–Crippen MR) is 106 cm³/mol. The lowest BCUT2D eigenvalue weighted by Crippen LogP contribution is -2.68. The van der Waals surface area contributed by atoms with Gasteiger partial charge in [0, 0.05) is 38.0 Å². The van der Waals surface area contributed by atoms with Crippen LogP contribution in [0.15, 0.2) is 42.5 Å². The minimum atomic E-state index is -0.542. The van der Waals surface area contributed by atoms with Gasteiger partial charge in [0.05, 0.1) is 11.3 Å². The van der Waals surface area contributed by atoms with Gasteiger partial charge in [0.25, 0.3) is 11.8 Å². The molecule has 0 atom stereocenters. The van der Waals surface area contributed by atoms with Gasteiger partial charge in [-0.05, 0) is 44.2 Å². The Morgan fingerprint density at radius 2 is 1.93 bits per heavy atom. The quantitative estimate of drug-likeness (QED) is 0.868. The summed E-state index contributed by atoms with van der Waals surface area (Å²) in [4.78, 5) is 29.5. The summed E-state index contributed by atoms with van der Waals surface area (Å²) in [6.07, 6.45) is 1.25. The molecule has 5 nitrogen and oxygen atoms in total. The number of hydrogen-bond acceptors (Lipinski definition) is 3. The van der Waals surface area contributed by atoms with Gasteiger partial charge in [-0.3, -0.25) is 9.59 Å². The number of fused-ring (bicyclic) bond motifs is 1. The van der Waals surface area contributed by atoms with Gasteiger partial charge in [0.2, 0.25) is 0 Å². The third kappa shape index (κ3) is 3.03. The molecule has 2 heterocycles. The number of amides is 2. The van der Waals surface area contributed by atoms with Crippen molar-refractivity contribution in [2.75, 3.05) is 24.5 Å². The summed E-state index contributed by atoms with van der Waals surface area (Å²) in [6.45, 7) is 5.79. The molecule has 0 aliphatic carbocycles. The normalized spacial score (nSPS) is 18.0. The van der Waals surface area contributed by atoms with E-state index in [1.165, 1.54) is 12.1 Å². The Morgan fingerprint density at radius 3 is 2.61 bits per heavy atom. The summed E-state index contributed by atoms with van der Waals surface area (Å²) < 4.78 is 13.6. The Hall–Kier alpha value is -2.89. The number of carbonyl (C=O) groups excluding carboxylic acids is 2. The highest BCUT2D eigenvalue weighted by Gasteiger charge is 2.45. The molecule has 0 aromatic heterocycles. The van der Waals surface area contributed by atoms with E-state index in [0.29, 0.717) is 43.6 Å². The fourth-order valence-electron chi connectivity index (χ4n) is 4.41. The first kappa shape index (κ1) is 18.5. The number of benzene rings is 2. The lowest BCUT2D eigenvalue weighted by Gasteiger charge is -2.52. The molecule has 1 fully saturated rings. The van der Waals surface area contributed by atoms with Gasteiger partial charge in [-0.1, -0.05) is 17.7 Å². The number of likely N-dealkylation sites (tertiary alicyclic amines) is 1. The van der Waals surface area contributed by atoms with E-state index < -0.39 is 11.5 Å². The van der Waals surface area contributed by atoms with Crippen LogP contribution in [0.5, 0.6) is 0 Å². The van der Waals surface area contributed by atoms with Crippen molar-refractivity contribution in [1.82, 2.24) is 10.2 Å². The largest absolute Gasteiger partial charge is 0.348 e. The first-order chi connectivity index (χ1) is 13.4. The van der Waals surface area contributed by atoms with Gasteiger partial charge in [-0.25, -0.2) is 4.39 Å². The second-order valence-electron chi connectivity index (χ2n) is 7.55. The van der Waals surface area contributed by atoms with E-state index in [1.54, 1.807) is 6.07 Å². The number of nitrogens with zero attached hydrogens (tertiary/aromatic N) is 2. The summed E-state index contributed by atoms with van der Waals surface area (Å²) in [6, 6.07) is 12.0. The zero-order chi connectivity index (χ0) is 19.9. The zero-order valence-corrected chi connectivity index (χ0v) is 16.2. The van der Waals surface area contributed by atoms with Crippen molar-refractivity contribution in [3.8, 4) is 0 Å². The van der Waals surface area contributed by atoms with Crippen molar-refractivity contribution in [3.05, 3.63) is 65.0 Å². The lowest BCUT2D eigenvalue weighted by molar-refractivity contribution is 0.0603. The molecular weight excluding hydrogens is 357 g/mol. The van der Waals surface area contributed by atoms with E-state index in [0.717, 1.165) is 11.3 Å².